The Hall–Kier alpha value is -1.75. The number of hydrogen-bond donors (Lipinski definition) is 1. The van der Waals surface area contributed by atoms with Gasteiger partial charge in [-0.2, -0.15) is 0 Å². The Morgan fingerprint density at radius 2 is 1.88 bits per heavy atom. The predicted octanol–water partition coefficient (Wildman–Crippen LogP) is 3.27. The number of nitrogens with one attached hydrogen (secondary N) is 1. The first-order chi connectivity index (χ1) is 11.3. The summed E-state index contributed by atoms with van der Waals surface area (Å²) in [5.41, 5.74) is 3.86. The topological polar surface area (TPSA) is 63.2 Å². The molecule has 1 saturated carbocycles. The van der Waals surface area contributed by atoms with Crippen molar-refractivity contribution in [1.82, 2.24) is 5.32 Å². The number of halogens is 1. The highest BCUT2D eigenvalue weighted by Crippen LogP contribution is 2.37. The lowest BCUT2D eigenvalue weighted by molar-refractivity contribution is -0.128. The second-order valence-corrected chi connectivity index (χ2v) is 6.91. The molecule has 0 bridgehead atoms. The van der Waals surface area contributed by atoms with E-state index in [-0.39, 0.29) is 30.3 Å². The molecule has 2 atom stereocenters. The van der Waals surface area contributed by atoms with Gasteiger partial charge in [-0.3, -0.25) is 14.4 Å². The number of aryl methyl sites for hydroxylation is 3. The van der Waals surface area contributed by atoms with Gasteiger partial charge in [0.1, 0.15) is 11.7 Å². The van der Waals surface area contributed by atoms with E-state index < -0.39 is 11.8 Å². The van der Waals surface area contributed by atoms with Gasteiger partial charge in [-0.25, -0.2) is 0 Å². The van der Waals surface area contributed by atoms with E-state index in [1.807, 2.05) is 32.9 Å². The monoisotopic (exact) mass is 391 g/mol. The Bertz CT molecular complexity index is 686. The molecule has 0 aromatic heterocycles. The van der Waals surface area contributed by atoms with Crippen LogP contribution in [0.1, 0.15) is 41.0 Å². The predicted molar refractivity (Wildman–Crippen MR) is 97.2 cm³/mol. The lowest BCUT2D eigenvalue weighted by Crippen LogP contribution is -2.27. The average Bonchev–Trinajstić information content (AvgIpc) is 2.74. The zero-order chi connectivity index (χ0) is 17.9. The molecule has 1 amide bonds. The Kier molecular flexibility index (Phi) is 6.10. The molecule has 4 nitrogen and oxygen atoms in total. The maximum atomic E-state index is 12.7. The van der Waals surface area contributed by atoms with Crippen LogP contribution in [-0.4, -0.2) is 24.0 Å². The number of ketones is 2. The van der Waals surface area contributed by atoms with Gasteiger partial charge in [-0.15, -0.1) is 0 Å². The average molecular weight is 392 g/mol. The van der Waals surface area contributed by atoms with Crippen molar-refractivity contribution in [1.29, 1.82) is 0 Å². The summed E-state index contributed by atoms with van der Waals surface area (Å²) in [5.74, 6) is -1.64. The molecule has 2 unspecified atom stereocenters. The number of benzene rings is 1. The summed E-state index contributed by atoms with van der Waals surface area (Å²) in [6.07, 6.45) is 1.97. The molecule has 5 heteroatoms. The van der Waals surface area contributed by atoms with E-state index >= 15 is 0 Å². The normalized spacial score (nSPS) is 20.8. The largest absolute Gasteiger partial charge is 0.353 e. The smallest absolute Gasteiger partial charge is 0.220 e. The summed E-state index contributed by atoms with van der Waals surface area (Å²) in [7, 11) is 0. The minimum atomic E-state index is -0.717. The fraction of sp³-hybridized carbons (Fsp3) is 0.421. The number of rotatable bonds is 5. The van der Waals surface area contributed by atoms with Crippen LogP contribution in [0.4, 0.5) is 0 Å². The lowest BCUT2D eigenvalue weighted by Gasteiger charge is -2.16. The molecule has 1 aromatic rings. The molecule has 24 heavy (non-hydrogen) atoms. The number of carbonyl (C=O) groups is 3. The molecule has 1 aromatic carbocycles. The van der Waals surface area contributed by atoms with Gasteiger partial charge >= 0.3 is 0 Å². The van der Waals surface area contributed by atoms with Crippen LogP contribution in [0.15, 0.2) is 23.2 Å². The van der Waals surface area contributed by atoms with Gasteiger partial charge in [0.15, 0.2) is 5.78 Å². The molecule has 1 fully saturated rings. The highest BCUT2D eigenvalue weighted by atomic mass is 79.9. The molecular formula is C19H22BrNO3. The molecule has 0 heterocycles. The Labute approximate surface area is 150 Å². The highest BCUT2D eigenvalue weighted by Gasteiger charge is 2.43. The zero-order valence-corrected chi connectivity index (χ0v) is 15.8. The third kappa shape index (κ3) is 4.01. The van der Waals surface area contributed by atoms with E-state index in [2.05, 4.69) is 21.2 Å². The van der Waals surface area contributed by atoms with Gasteiger partial charge < -0.3 is 5.32 Å². The summed E-state index contributed by atoms with van der Waals surface area (Å²) in [4.78, 5) is 38.8. The minimum Gasteiger partial charge on any atom is -0.353 e. The number of hydrogen-bond acceptors (Lipinski definition) is 3. The van der Waals surface area contributed by atoms with Crippen LogP contribution in [0, 0.1) is 26.7 Å². The molecule has 0 spiro atoms. The van der Waals surface area contributed by atoms with Crippen LogP contribution in [0.5, 0.6) is 0 Å². The Morgan fingerprint density at radius 1 is 1.25 bits per heavy atom. The van der Waals surface area contributed by atoms with Gasteiger partial charge in [0, 0.05) is 25.3 Å². The van der Waals surface area contributed by atoms with Crippen molar-refractivity contribution in [2.24, 2.45) is 5.92 Å². The highest BCUT2D eigenvalue weighted by molar-refractivity contribution is 9.11. The molecule has 128 valence electrons. The summed E-state index contributed by atoms with van der Waals surface area (Å²) >= 11 is 3.13. The van der Waals surface area contributed by atoms with Crippen LogP contribution >= 0.6 is 15.9 Å². The van der Waals surface area contributed by atoms with Crippen molar-refractivity contribution in [2.75, 3.05) is 6.54 Å². The van der Waals surface area contributed by atoms with E-state index in [9.17, 15) is 14.4 Å². The van der Waals surface area contributed by atoms with Gasteiger partial charge in [-0.1, -0.05) is 39.7 Å². The van der Waals surface area contributed by atoms with Gasteiger partial charge in [-0.05, 0) is 42.4 Å². The zero-order valence-electron chi connectivity index (χ0n) is 14.2. The minimum absolute atomic E-state index is 0.0706. The Morgan fingerprint density at radius 3 is 2.46 bits per heavy atom. The fourth-order valence-electron chi connectivity index (χ4n) is 3.49. The quantitative estimate of drug-likeness (QED) is 0.783. The van der Waals surface area contributed by atoms with E-state index in [0.717, 1.165) is 22.3 Å². The van der Waals surface area contributed by atoms with Crippen LogP contribution < -0.4 is 5.32 Å². The molecule has 1 aliphatic carbocycles. The summed E-state index contributed by atoms with van der Waals surface area (Å²) in [5, 5.41) is 2.71. The van der Waals surface area contributed by atoms with E-state index in [4.69, 9.17) is 0 Å². The second-order valence-electron chi connectivity index (χ2n) is 6.39. The fourth-order valence-corrected chi connectivity index (χ4v) is 3.68. The molecule has 0 aliphatic heterocycles. The standard InChI is InChI=1S/C19H22BrNO3/c1-11-7-12(2)17(13(3)8-11)18-15(22)9-14(19(18)24)10-16(23)21-6-4-5-20/h4-5,7-8,14,18H,6,9-10H2,1-3H3,(H,21,23)/b5-4+. The maximum Gasteiger partial charge on any atom is 0.220 e. The van der Waals surface area contributed by atoms with Gasteiger partial charge in [0.25, 0.3) is 0 Å². The first-order valence-corrected chi connectivity index (χ1v) is 8.92. The van der Waals surface area contributed by atoms with E-state index in [0.29, 0.717) is 6.54 Å². The van der Waals surface area contributed by atoms with Gasteiger partial charge in [0.05, 0.1) is 0 Å². The third-order valence-electron chi connectivity index (χ3n) is 4.42. The SMILES string of the molecule is Cc1cc(C)c(C2C(=O)CC(CC(=O)NC/C=C/Br)C2=O)c(C)c1. The number of amides is 1. The Balaban J connectivity index is 2.16. The first-order valence-electron chi connectivity index (χ1n) is 8.01. The maximum absolute atomic E-state index is 12.7. The lowest BCUT2D eigenvalue weighted by atomic mass is 9.86. The van der Waals surface area contributed by atoms with Crippen molar-refractivity contribution in [3.8, 4) is 0 Å². The van der Waals surface area contributed by atoms with Crippen molar-refractivity contribution >= 4 is 33.4 Å². The van der Waals surface area contributed by atoms with Crippen LogP contribution in [0.25, 0.3) is 0 Å². The summed E-state index contributed by atoms with van der Waals surface area (Å²) < 4.78 is 0. The third-order valence-corrected chi connectivity index (χ3v) is 4.79. The molecule has 2 rings (SSSR count). The van der Waals surface area contributed by atoms with Crippen molar-refractivity contribution < 1.29 is 14.4 Å². The van der Waals surface area contributed by atoms with Crippen LogP contribution in [0.2, 0.25) is 0 Å². The number of Topliss-reactive ketones (excluding diaryl/α,β-unsaturated/α-hetero) is 2. The molecule has 0 radical (unpaired) electrons. The van der Waals surface area contributed by atoms with Crippen molar-refractivity contribution in [3.05, 3.63) is 45.4 Å². The second kappa shape index (κ2) is 7.88. The number of carbonyl (C=O) groups excluding carboxylic acids is 3. The van der Waals surface area contributed by atoms with Crippen molar-refractivity contribution in [3.63, 3.8) is 0 Å². The molecule has 0 saturated heterocycles. The molecular weight excluding hydrogens is 370 g/mol. The summed E-state index contributed by atoms with van der Waals surface area (Å²) in [6.45, 7) is 6.26. The van der Waals surface area contributed by atoms with Crippen LogP contribution in [-0.2, 0) is 14.4 Å². The van der Waals surface area contributed by atoms with E-state index in [1.165, 1.54) is 0 Å². The molecule has 1 aliphatic rings. The van der Waals surface area contributed by atoms with Gasteiger partial charge in [0.2, 0.25) is 5.91 Å². The van der Waals surface area contributed by atoms with E-state index in [1.54, 1.807) is 11.1 Å². The summed E-state index contributed by atoms with van der Waals surface area (Å²) in [6, 6.07) is 3.99. The van der Waals surface area contributed by atoms with Crippen molar-refractivity contribution in [2.45, 2.75) is 39.5 Å². The first kappa shape index (κ1) is 18.6. The molecule has 1 N–H and O–H groups in total. The van der Waals surface area contributed by atoms with Crippen LogP contribution in [0.3, 0.4) is 0 Å².